The summed E-state index contributed by atoms with van der Waals surface area (Å²) in [5.74, 6) is -0.00474. The molecular weight excluding hydrogens is 676 g/mol. The number of nitrogens with zero attached hydrogens (tertiary/aromatic N) is 3. The molecule has 0 bridgehead atoms. The zero-order valence-electron chi connectivity index (χ0n) is 21.8. The molecule has 2 aromatic heterocycles. The van der Waals surface area contributed by atoms with Gasteiger partial charge in [0.25, 0.3) is 0 Å². The first kappa shape index (κ1) is 28.3. The Morgan fingerprint density at radius 3 is 2.03 bits per heavy atom. The Bertz CT molecular complexity index is 1620. The van der Waals surface area contributed by atoms with E-state index in [0.717, 1.165) is 33.9 Å². The van der Waals surface area contributed by atoms with Crippen molar-refractivity contribution in [2.24, 2.45) is 0 Å². The molecule has 5 aromatic rings. The first-order valence-electron chi connectivity index (χ1n) is 12.2. The molecule has 5 rings (SSSR count). The number of hydrogen-bond donors (Lipinski definition) is 0. The molecule has 39 heavy (non-hydrogen) atoms. The summed E-state index contributed by atoms with van der Waals surface area (Å²) in [6, 6.07) is 26.6. The third-order valence-corrected chi connectivity index (χ3v) is 6.35. The molecule has 0 aliphatic rings. The van der Waals surface area contributed by atoms with Gasteiger partial charge in [-0.15, -0.1) is 29.3 Å². The van der Waals surface area contributed by atoms with Crippen LogP contribution in [0.5, 0.6) is 0 Å². The third kappa shape index (κ3) is 6.16. The molecule has 0 fully saturated rings. The predicted molar refractivity (Wildman–Crippen MR) is 144 cm³/mol. The second kappa shape index (κ2) is 11.2. The first-order chi connectivity index (χ1) is 18.1. The average Bonchev–Trinajstić information content (AvgIpc) is 2.87. The van der Waals surface area contributed by atoms with Crippen molar-refractivity contribution in [2.45, 2.75) is 33.9 Å². The smallest absolute Gasteiger partial charge is 0.304 e. The van der Waals surface area contributed by atoms with E-state index in [-0.39, 0.29) is 31.6 Å². The Morgan fingerprint density at radius 2 is 1.41 bits per heavy atom. The monoisotopic (exact) mass is 701 g/mol. The van der Waals surface area contributed by atoms with E-state index < -0.39 is 11.9 Å². The van der Waals surface area contributed by atoms with Crippen LogP contribution in [0.3, 0.4) is 0 Å². The van der Waals surface area contributed by atoms with Gasteiger partial charge in [-0.2, -0.15) is 13.2 Å². The topological polar surface area (TPSA) is 38.7 Å². The number of aryl methyl sites for hydroxylation is 4. The number of rotatable bonds is 4. The molecule has 7 heteroatoms. The van der Waals surface area contributed by atoms with Crippen LogP contribution < -0.4 is 0 Å². The van der Waals surface area contributed by atoms with E-state index in [1.807, 2.05) is 24.3 Å². The number of aromatic nitrogens is 3. The van der Waals surface area contributed by atoms with Crippen molar-refractivity contribution in [2.75, 3.05) is 0 Å². The van der Waals surface area contributed by atoms with Crippen LogP contribution in [-0.2, 0) is 26.3 Å². The van der Waals surface area contributed by atoms with Gasteiger partial charge in [-0.25, -0.2) is 9.97 Å². The molecule has 3 aromatic carbocycles. The van der Waals surface area contributed by atoms with Gasteiger partial charge in [0.2, 0.25) is 0 Å². The van der Waals surface area contributed by atoms with Crippen LogP contribution in [0.4, 0.5) is 13.2 Å². The van der Waals surface area contributed by atoms with Gasteiger partial charge in [-0.05, 0) is 43.7 Å². The van der Waals surface area contributed by atoms with Crippen LogP contribution in [0, 0.1) is 33.8 Å². The Morgan fingerprint density at radius 1 is 0.718 bits per heavy atom. The van der Waals surface area contributed by atoms with Gasteiger partial charge in [0.1, 0.15) is 5.69 Å². The summed E-state index contributed by atoms with van der Waals surface area (Å²) >= 11 is 0. The molecule has 199 valence electrons. The van der Waals surface area contributed by atoms with Crippen molar-refractivity contribution in [1.29, 1.82) is 0 Å². The fourth-order valence-corrected chi connectivity index (χ4v) is 4.67. The minimum Gasteiger partial charge on any atom is -0.304 e. The van der Waals surface area contributed by atoms with Gasteiger partial charge < -0.3 is 4.98 Å². The van der Waals surface area contributed by atoms with Crippen molar-refractivity contribution in [3.8, 4) is 44.9 Å². The maximum atomic E-state index is 13.2. The zero-order chi connectivity index (χ0) is 27.0. The van der Waals surface area contributed by atoms with Crippen molar-refractivity contribution in [3.05, 3.63) is 113 Å². The van der Waals surface area contributed by atoms with Gasteiger partial charge in [0, 0.05) is 37.6 Å². The first-order valence-corrected chi connectivity index (χ1v) is 12.2. The van der Waals surface area contributed by atoms with E-state index in [1.54, 1.807) is 12.1 Å². The Labute approximate surface area is 239 Å². The fourth-order valence-electron chi connectivity index (χ4n) is 4.67. The van der Waals surface area contributed by atoms with E-state index in [2.05, 4.69) is 72.1 Å². The van der Waals surface area contributed by atoms with Crippen molar-refractivity contribution >= 4 is 0 Å². The number of benzene rings is 3. The van der Waals surface area contributed by atoms with Crippen LogP contribution in [0.2, 0.25) is 0 Å². The van der Waals surface area contributed by atoms with E-state index in [1.165, 1.54) is 29.8 Å². The van der Waals surface area contributed by atoms with E-state index in [0.29, 0.717) is 11.3 Å². The van der Waals surface area contributed by atoms with Gasteiger partial charge in [0.15, 0.2) is 5.82 Å². The van der Waals surface area contributed by atoms with Gasteiger partial charge in [-0.3, -0.25) is 0 Å². The Balaban J connectivity index is 0.00000353. The molecule has 0 spiro atoms. The van der Waals surface area contributed by atoms with Crippen LogP contribution in [0.25, 0.3) is 44.9 Å². The van der Waals surface area contributed by atoms with Crippen LogP contribution >= 0.6 is 0 Å². The summed E-state index contributed by atoms with van der Waals surface area (Å²) in [6.45, 7) is 7.77. The van der Waals surface area contributed by atoms with E-state index in [9.17, 15) is 13.2 Å². The molecule has 0 aliphatic heterocycles. The minimum absolute atomic E-state index is 0. The molecule has 3 nitrogen and oxygen atoms in total. The summed E-state index contributed by atoms with van der Waals surface area (Å²) in [5, 5.41) is 0. The average molecular weight is 701 g/mol. The van der Waals surface area contributed by atoms with E-state index >= 15 is 0 Å². The molecular formula is C32H25F3IrN3-. The fraction of sp³-hybridized carbons (Fsp3) is 0.156. The molecule has 0 unspecified atom stereocenters. The normalized spacial score (nSPS) is 11.3. The molecule has 0 N–H and O–H groups in total. The van der Waals surface area contributed by atoms with Gasteiger partial charge in [0.05, 0.1) is 0 Å². The molecule has 0 saturated carbocycles. The zero-order valence-corrected chi connectivity index (χ0v) is 24.2. The van der Waals surface area contributed by atoms with Crippen LogP contribution in [0.1, 0.15) is 28.1 Å². The maximum Gasteiger partial charge on any atom is 0.433 e. The van der Waals surface area contributed by atoms with Gasteiger partial charge in [-0.1, -0.05) is 83.8 Å². The number of halogens is 3. The quantitative estimate of drug-likeness (QED) is 0.177. The van der Waals surface area contributed by atoms with Crippen molar-refractivity contribution in [3.63, 3.8) is 0 Å². The number of alkyl halides is 3. The molecule has 0 atom stereocenters. The third-order valence-electron chi connectivity index (χ3n) is 6.35. The predicted octanol–water partition coefficient (Wildman–Crippen LogP) is 8.59. The number of hydrogen-bond acceptors (Lipinski definition) is 3. The standard InChI is InChI=1S/C32H25F3N3.Ir/c1-19-13-20(2)15-25(14-19)27-7-5-6-8-28(27)26-11-9-23(16-21(26)3)29-12-10-24(18-36-29)31-37-22(4)17-30(38-31)32(33,34)35;/h5-8,10-18H,1-4H3;/q-1;. The summed E-state index contributed by atoms with van der Waals surface area (Å²) in [4.78, 5) is 12.3. The van der Waals surface area contributed by atoms with Crippen molar-refractivity contribution < 1.29 is 33.3 Å². The summed E-state index contributed by atoms with van der Waals surface area (Å²) in [6.07, 6.45) is -3.04. The molecule has 0 saturated heterocycles. The molecule has 1 radical (unpaired) electrons. The number of pyridine rings is 1. The minimum atomic E-state index is -4.54. The van der Waals surface area contributed by atoms with Crippen LogP contribution in [-0.4, -0.2) is 15.0 Å². The van der Waals surface area contributed by atoms with E-state index in [4.69, 9.17) is 0 Å². The Hall–Kier alpha value is -3.67. The molecule has 0 amide bonds. The molecule has 0 aliphatic carbocycles. The summed E-state index contributed by atoms with van der Waals surface area (Å²) in [7, 11) is 0. The summed E-state index contributed by atoms with van der Waals surface area (Å²) in [5.41, 5.74) is 9.17. The maximum absolute atomic E-state index is 13.2. The second-order valence-electron chi connectivity index (χ2n) is 9.51. The van der Waals surface area contributed by atoms with Crippen molar-refractivity contribution in [1.82, 2.24) is 15.0 Å². The second-order valence-corrected chi connectivity index (χ2v) is 9.51. The van der Waals surface area contributed by atoms with Gasteiger partial charge >= 0.3 is 6.18 Å². The Kier molecular flexibility index (Phi) is 8.14. The molecule has 2 heterocycles. The summed E-state index contributed by atoms with van der Waals surface area (Å²) < 4.78 is 39.6. The van der Waals surface area contributed by atoms with Crippen LogP contribution in [0.15, 0.2) is 79.0 Å². The SMILES string of the molecule is Cc1cc(C)cc(-c2ccccc2-c2c[c-]c(-c3ccc(-c4nc(C)cc(C(F)(F)F)n4)cn3)cc2C)c1.[Ir]. The largest absolute Gasteiger partial charge is 0.433 e.